The molecular formula is C26H29NO4. The molecule has 3 rings (SSSR count). The molecule has 0 radical (unpaired) electrons. The first kappa shape index (κ1) is 23.8. The molecule has 0 fully saturated rings. The van der Waals surface area contributed by atoms with Crippen molar-refractivity contribution < 1.29 is 19.8 Å². The maximum absolute atomic E-state index is 9.10. The molecule has 0 unspecified atom stereocenters. The lowest BCUT2D eigenvalue weighted by atomic mass is 10.1. The fourth-order valence-corrected chi connectivity index (χ4v) is 3.13. The molecule has 0 aliphatic rings. The number of hydrogen-bond acceptors (Lipinski definition) is 3. The molecule has 5 nitrogen and oxygen atoms in total. The summed E-state index contributed by atoms with van der Waals surface area (Å²) in [5.41, 5.74) is 5.58. The molecule has 0 aliphatic heterocycles. The molecule has 0 bridgehead atoms. The Balaban J connectivity index is 0.000000501. The number of nitrogens with zero attached hydrogens (tertiary/aromatic N) is 1. The van der Waals surface area contributed by atoms with E-state index in [1.54, 1.807) is 0 Å². The van der Waals surface area contributed by atoms with E-state index in [1.165, 1.54) is 22.3 Å². The van der Waals surface area contributed by atoms with Crippen molar-refractivity contribution in [3.8, 4) is 0 Å². The number of rotatable bonds is 8. The maximum atomic E-state index is 9.10. The van der Waals surface area contributed by atoms with E-state index in [9.17, 15) is 0 Å². The molecule has 3 aromatic carbocycles. The van der Waals surface area contributed by atoms with Gasteiger partial charge >= 0.3 is 11.9 Å². The lowest BCUT2D eigenvalue weighted by molar-refractivity contribution is -0.159. The predicted octanol–water partition coefficient (Wildman–Crippen LogP) is 4.65. The fourth-order valence-electron chi connectivity index (χ4n) is 3.13. The van der Waals surface area contributed by atoms with Crippen molar-refractivity contribution in [1.82, 2.24) is 4.90 Å². The predicted molar refractivity (Wildman–Crippen MR) is 122 cm³/mol. The molecule has 0 aliphatic carbocycles. The minimum atomic E-state index is -1.82. The highest BCUT2D eigenvalue weighted by atomic mass is 16.4. The van der Waals surface area contributed by atoms with E-state index in [-0.39, 0.29) is 0 Å². The first-order valence-corrected chi connectivity index (χ1v) is 10.3. The molecule has 31 heavy (non-hydrogen) atoms. The number of benzene rings is 3. The molecule has 0 saturated carbocycles. The van der Waals surface area contributed by atoms with Crippen LogP contribution in [0, 0.1) is 0 Å². The zero-order valence-corrected chi connectivity index (χ0v) is 17.8. The third-order valence-corrected chi connectivity index (χ3v) is 4.83. The third kappa shape index (κ3) is 9.28. The van der Waals surface area contributed by atoms with Crippen LogP contribution in [0.15, 0.2) is 84.9 Å². The van der Waals surface area contributed by atoms with Crippen molar-refractivity contribution in [1.29, 1.82) is 0 Å². The molecule has 5 heteroatoms. The van der Waals surface area contributed by atoms with E-state index >= 15 is 0 Å². The topological polar surface area (TPSA) is 77.8 Å². The molecule has 0 aromatic heterocycles. The van der Waals surface area contributed by atoms with Gasteiger partial charge in [0.05, 0.1) is 0 Å². The van der Waals surface area contributed by atoms with Gasteiger partial charge in [-0.25, -0.2) is 9.59 Å². The summed E-state index contributed by atoms with van der Waals surface area (Å²) in [6.45, 7) is 5.25. The Hall–Kier alpha value is -3.44. The zero-order chi connectivity index (χ0) is 22.5. The van der Waals surface area contributed by atoms with Crippen LogP contribution < -0.4 is 0 Å². The number of carboxylic acid groups (broad SMARTS) is 2. The number of carbonyl (C=O) groups is 2. The van der Waals surface area contributed by atoms with E-state index in [4.69, 9.17) is 19.8 Å². The van der Waals surface area contributed by atoms with Crippen molar-refractivity contribution in [3.05, 3.63) is 107 Å². The number of aryl methyl sites for hydroxylation is 1. The van der Waals surface area contributed by atoms with E-state index < -0.39 is 11.9 Å². The summed E-state index contributed by atoms with van der Waals surface area (Å²) in [7, 11) is 0. The molecule has 162 valence electrons. The van der Waals surface area contributed by atoms with Gasteiger partial charge in [-0.15, -0.1) is 0 Å². The second-order valence-electron chi connectivity index (χ2n) is 7.21. The molecule has 0 spiro atoms. The Morgan fingerprint density at radius 3 is 1.52 bits per heavy atom. The van der Waals surface area contributed by atoms with E-state index in [1.807, 2.05) is 0 Å². The average Bonchev–Trinajstić information content (AvgIpc) is 2.80. The maximum Gasteiger partial charge on any atom is 0.414 e. The van der Waals surface area contributed by atoms with E-state index in [0.29, 0.717) is 0 Å². The Morgan fingerprint density at radius 2 is 1.06 bits per heavy atom. The Kier molecular flexibility index (Phi) is 9.98. The van der Waals surface area contributed by atoms with E-state index in [2.05, 4.69) is 96.8 Å². The summed E-state index contributed by atoms with van der Waals surface area (Å²) in [4.78, 5) is 20.7. The van der Waals surface area contributed by atoms with Gasteiger partial charge in [0.1, 0.15) is 0 Å². The van der Waals surface area contributed by atoms with E-state index in [0.717, 1.165) is 32.5 Å². The molecular weight excluding hydrogens is 390 g/mol. The SMILES string of the molecule is CCc1ccc(CN(CCc2ccccc2)Cc2ccccc2)cc1.O=C(O)C(=O)O. The second kappa shape index (κ2) is 13.0. The highest BCUT2D eigenvalue weighted by Gasteiger charge is 2.08. The van der Waals surface area contributed by atoms with Gasteiger partial charge in [-0.1, -0.05) is 91.9 Å². The highest BCUT2D eigenvalue weighted by Crippen LogP contribution is 2.13. The van der Waals surface area contributed by atoms with Crippen LogP contribution in [0.1, 0.15) is 29.2 Å². The summed E-state index contributed by atoms with van der Waals surface area (Å²) in [5.74, 6) is -3.65. The first-order chi connectivity index (χ1) is 15.0. The molecule has 0 atom stereocenters. The number of aliphatic carboxylic acids is 2. The fraction of sp³-hybridized carbons (Fsp3) is 0.231. The second-order valence-corrected chi connectivity index (χ2v) is 7.21. The summed E-state index contributed by atoms with van der Waals surface area (Å²) in [5, 5.41) is 14.8. The van der Waals surface area contributed by atoms with Gasteiger partial charge in [0.2, 0.25) is 0 Å². The molecule has 3 aromatic rings. The first-order valence-electron chi connectivity index (χ1n) is 10.3. The summed E-state index contributed by atoms with van der Waals surface area (Å²) >= 11 is 0. The van der Waals surface area contributed by atoms with Gasteiger partial charge in [0.15, 0.2) is 0 Å². The monoisotopic (exact) mass is 419 g/mol. The molecule has 0 heterocycles. The van der Waals surface area contributed by atoms with Crippen molar-refractivity contribution in [2.24, 2.45) is 0 Å². The van der Waals surface area contributed by atoms with Gasteiger partial charge in [-0.3, -0.25) is 4.90 Å². The van der Waals surface area contributed by atoms with Gasteiger partial charge in [-0.2, -0.15) is 0 Å². The largest absolute Gasteiger partial charge is 0.473 e. The van der Waals surface area contributed by atoms with Crippen LogP contribution in [0.2, 0.25) is 0 Å². The third-order valence-electron chi connectivity index (χ3n) is 4.83. The van der Waals surface area contributed by atoms with Crippen LogP contribution in [0.3, 0.4) is 0 Å². The van der Waals surface area contributed by atoms with Crippen LogP contribution in [-0.4, -0.2) is 33.6 Å². The minimum Gasteiger partial charge on any atom is -0.473 e. The van der Waals surface area contributed by atoms with Crippen LogP contribution in [0.5, 0.6) is 0 Å². The normalized spacial score (nSPS) is 10.3. The van der Waals surface area contributed by atoms with Crippen molar-refractivity contribution in [2.45, 2.75) is 32.9 Å². The van der Waals surface area contributed by atoms with Gasteiger partial charge in [0.25, 0.3) is 0 Å². The van der Waals surface area contributed by atoms with Gasteiger partial charge < -0.3 is 10.2 Å². The van der Waals surface area contributed by atoms with Crippen molar-refractivity contribution in [3.63, 3.8) is 0 Å². The van der Waals surface area contributed by atoms with Crippen LogP contribution in [0.25, 0.3) is 0 Å². The van der Waals surface area contributed by atoms with Crippen LogP contribution in [-0.2, 0) is 35.5 Å². The van der Waals surface area contributed by atoms with Crippen molar-refractivity contribution >= 4 is 11.9 Å². The Bertz CT molecular complexity index is 913. The molecule has 0 amide bonds. The van der Waals surface area contributed by atoms with Crippen LogP contribution in [0.4, 0.5) is 0 Å². The zero-order valence-electron chi connectivity index (χ0n) is 17.8. The standard InChI is InChI=1S/C24H27N.C2H2O4/c1-2-21-13-15-24(16-14-21)20-25(19-23-11-7-4-8-12-23)18-17-22-9-5-3-6-10-22;3-1(4)2(5)6/h3-16H,2,17-20H2,1H3;(H,3,4)(H,5,6). The molecule has 2 N–H and O–H groups in total. The molecule has 0 saturated heterocycles. The Labute approximate surface area is 183 Å². The van der Waals surface area contributed by atoms with Gasteiger partial charge in [0, 0.05) is 19.6 Å². The summed E-state index contributed by atoms with van der Waals surface area (Å²) in [6, 6.07) is 30.6. The minimum absolute atomic E-state index is 0.989. The summed E-state index contributed by atoms with van der Waals surface area (Å²) < 4.78 is 0. The lowest BCUT2D eigenvalue weighted by Crippen LogP contribution is -2.25. The smallest absolute Gasteiger partial charge is 0.414 e. The summed E-state index contributed by atoms with van der Waals surface area (Å²) in [6.07, 6.45) is 2.18. The Morgan fingerprint density at radius 1 is 0.645 bits per heavy atom. The number of carboxylic acids is 2. The van der Waals surface area contributed by atoms with Crippen molar-refractivity contribution in [2.75, 3.05) is 6.54 Å². The average molecular weight is 420 g/mol. The lowest BCUT2D eigenvalue weighted by Gasteiger charge is -2.23. The van der Waals surface area contributed by atoms with Gasteiger partial charge in [-0.05, 0) is 35.1 Å². The number of hydrogen-bond donors (Lipinski definition) is 2. The quantitative estimate of drug-likeness (QED) is 0.520. The highest BCUT2D eigenvalue weighted by molar-refractivity contribution is 6.27. The van der Waals surface area contributed by atoms with Crippen LogP contribution >= 0.6 is 0 Å².